The number of rotatable bonds is 5. The normalized spacial score (nSPS) is 12.9. The van der Waals surface area contributed by atoms with Crippen molar-refractivity contribution >= 4 is 0 Å². The van der Waals surface area contributed by atoms with Gasteiger partial charge in [0.2, 0.25) is 0 Å². The van der Waals surface area contributed by atoms with Crippen LogP contribution in [0.25, 0.3) is 0 Å². The molecule has 1 atom stereocenters. The van der Waals surface area contributed by atoms with Gasteiger partial charge >= 0.3 is 0 Å². The molecule has 0 radical (unpaired) electrons. The van der Waals surface area contributed by atoms with Gasteiger partial charge in [-0.3, -0.25) is 9.88 Å². The van der Waals surface area contributed by atoms with Crippen molar-refractivity contribution in [1.29, 1.82) is 0 Å². The molecule has 0 saturated heterocycles. The summed E-state index contributed by atoms with van der Waals surface area (Å²) >= 11 is 0. The molecule has 2 aromatic heterocycles. The Labute approximate surface area is 107 Å². The molecule has 0 spiro atoms. The van der Waals surface area contributed by atoms with Crippen LogP contribution in [-0.4, -0.2) is 31.7 Å². The van der Waals surface area contributed by atoms with Crippen molar-refractivity contribution in [2.24, 2.45) is 0 Å². The molecule has 0 amide bonds. The van der Waals surface area contributed by atoms with Crippen LogP contribution in [0.1, 0.15) is 31.4 Å². The quantitative estimate of drug-likeness (QED) is 0.807. The Bertz CT molecular complexity index is 479. The average molecular weight is 245 g/mol. The molecular weight excluding hydrogens is 226 g/mol. The molecule has 2 heterocycles. The van der Waals surface area contributed by atoms with Crippen LogP contribution >= 0.6 is 0 Å². The summed E-state index contributed by atoms with van der Waals surface area (Å²) in [5, 5.41) is 4.18. The highest BCUT2D eigenvalue weighted by molar-refractivity contribution is 5.08. The van der Waals surface area contributed by atoms with E-state index in [-0.39, 0.29) is 6.04 Å². The van der Waals surface area contributed by atoms with Gasteiger partial charge in [-0.25, -0.2) is 9.67 Å². The van der Waals surface area contributed by atoms with Crippen LogP contribution in [0.2, 0.25) is 0 Å². The molecule has 5 heteroatoms. The maximum absolute atomic E-state index is 4.39. The van der Waals surface area contributed by atoms with Crippen LogP contribution in [0.15, 0.2) is 30.7 Å². The lowest BCUT2D eigenvalue weighted by atomic mass is 10.2. The largest absolute Gasteiger partial charge is 0.291 e. The molecule has 2 rings (SSSR count). The summed E-state index contributed by atoms with van der Waals surface area (Å²) in [7, 11) is 2.08. The van der Waals surface area contributed by atoms with E-state index in [0.29, 0.717) is 0 Å². The van der Waals surface area contributed by atoms with E-state index in [1.807, 2.05) is 29.1 Å². The van der Waals surface area contributed by atoms with E-state index in [2.05, 4.69) is 40.9 Å². The van der Waals surface area contributed by atoms with Gasteiger partial charge in [0.05, 0.1) is 12.2 Å². The number of pyridine rings is 1. The molecule has 0 fully saturated rings. The first-order chi connectivity index (χ1) is 8.72. The summed E-state index contributed by atoms with van der Waals surface area (Å²) in [5.41, 5.74) is 1.07. The third-order valence-electron chi connectivity index (χ3n) is 3.16. The lowest BCUT2D eigenvalue weighted by molar-refractivity contribution is 0.238. The molecule has 0 bridgehead atoms. The SMILES string of the molecule is CCn1ncnc1CN(C)[C@H](C)c1ccccn1. The maximum Gasteiger partial charge on any atom is 0.141 e. The Balaban J connectivity index is 2.06. The van der Waals surface area contributed by atoms with E-state index in [1.165, 1.54) is 0 Å². The Morgan fingerprint density at radius 2 is 2.17 bits per heavy atom. The van der Waals surface area contributed by atoms with Crippen molar-refractivity contribution in [2.45, 2.75) is 33.0 Å². The predicted molar refractivity (Wildman–Crippen MR) is 69.8 cm³/mol. The molecule has 0 aliphatic rings. The molecule has 5 nitrogen and oxygen atoms in total. The topological polar surface area (TPSA) is 46.8 Å². The average Bonchev–Trinajstić information content (AvgIpc) is 2.86. The van der Waals surface area contributed by atoms with Crippen molar-refractivity contribution in [2.75, 3.05) is 7.05 Å². The van der Waals surface area contributed by atoms with Gasteiger partial charge in [0.25, 0.3) is 0 Å². The number of aryl methyl sites for hydroxylation is 1. The third-order valence-corrected chi connectivity index (χ3v) is 3.16. The van der Waals surface area contributed by atoms with E-state index < -0.39 is 0 Å². The molecule has 0 aliphatic carbocycles. The monoisotopic (exact) mass is 245 g/mol. The second kappa shape index (κ2) is 5.73. The Morgan fingerprint density at radius 3 is 2.83 bits per heavy atom. The lowest BCUT2D eigenvalue weighted by Gasteiger charge is -2.23. The van der Waals surface area contributed by atoms with Crippen molar-refractivity contribution < 1.29 is 0 Å². The van der Waals surface area contributed by atoms with Gasteiger partial charge in [0.1, 0.15) is 12.2 Å². The van der Waals surface area contributed by atoms with Crippen molar-refractivity contribution in [3.05, 3.63) is 42.2 Å². The second-order valence-electron chi connectivity index (χ2n) is 4.34. The molecule has 0 unspecified atom stereocenters. The van der Waals surface area contributed by atoms with Gasteiger partial charge in [-0.2, -0.15) is 5.10 Å². The highest BCUT2D eigenvalue weighted by atomic mass is 15.3. The van der Waals surface area contributed by atoms with E-state index in [9.17, 15) is 0 Å². The third kappa shape index (κ3) is 2.73. The lowest BCUT2D eigenvalue weighted by Crippen LogP contribution is -2.24. The van der Waals surface area contributed by atoms with Crippen LogP contribution in [0.3, 0.4) is 0 Å². The van der Waals surface area contributed by atoms with Crippen molar-refractivity contribution in [3.8, 4) is 0 Å². The molecule has 0 saturated carbocycles. The summed E-state index contributed by atoms with van der Waals surface area (Å²) in [5.74, 6) is 0.989. The minimum Gasteiger partial charge on any atom is -0.291 e. The van der Waals surface area contributed by atoms with Gasteiger partial charge in [-0.1, -0.05) is 6.07 Å². The molecule has 0 aliphatic heterocycles. The van der Waals surface area contributed by atoms with Gasteiger partial charge < -0.3 is 0 Å². The zero-order chi connectivity index (χ0) is 13.0. The second-order valence-corrected chi connectivity index (χ2v) is 4.34. The summed E-state index contributed by atoms with van der Waals surface area (Å²) in [6.07, 6.45) is 3.44. The number of hydrogen-bond donors (Lipinski definition) is 0. The Kier molecular flexibility index (Phi) is 4.04. The van der Waals surface area contributed by atoms with E-state index in [0.717, 1.165) is 24.6 Å². The van der Waals surface area contributed by atoms with Gasteiger partial charge in [0.15, 0.2) is 0 Å². The number of nitrogens with zero attached hydrogens (tertiary/aromatic N) is 5. The van der Waals surface area contributed by atoms with Crippen LogP contribution < -0.4 is 0 Å². The zero-order valence-corrected chi connectivity index (χ0v) is 11.1. The zero-order valence-electron chi connectivity index (χ0n) is 11.1. The van der Waals surface area contributed by atoms with Gasteiger partial charge in [-0.15, -0.1) is 0 Å². The molecule has 0 aromatic carbocycles. The smallest absolute Gasteiger partial charge is 0.141 e. The summed E-state index contributed by atoms with van der Waals surface area (Å²) in [4.78, 5) is 10.9. The molecular formula is C13H19N5. The highest BCUT2D eigenvalue weighted by Gasteiger charge is 2.15. The maximum atomic E-state index is 4.39. The first-order valence-corrected chi connectivity index (χ1v) is 6.20. The predicted octanol–water partition coefficient (Wildman–Crippen LogP) is 1.89. The van der Waals surface area contributed by atoms with Crippen molar-refractivity contribution in [1.82, 2.24) is 24.6 Å². The molecule has 96 valence electrons. The van der Waals surface area contributed by atoms with Crippen molar-refractivity contribution in [3.63, 3.8) is 0 Å². The van der Waals surface area contributed by atoms with Gasteiger partial charge in [0, 0.05) is 18.8 Å². The molecule has 2 aromatic rings. The van der Waals surface area contributed by atoms with Crippen LogP contribution in [-0.2, 0) is 13.1 Å². The highest BCUT2D eigenvalue weighted by Crippen LogP contribution is 2.17. The van der Waals surface area contributed by atoms with Crippen LogP contribution in [0.5, 0.6) is 0 Å². The van der Waals surface area contributed by atoms with Gasteiger partial charge in [-0.05, 0) is 33.0 Å². The van der Waals surface area contributed by atoms with Crippen LogP contribution in [0.4, 0.5) is 0 Å². The molecule has 18 heavy (non-hydrogen) atoms. The van der Waals surface area contributed by atoms with Crippen LogP contribution in [0, 0.1) is 0 Å². The van der Waals surface area contributed by atoms with E-state index in [1.54, 1.807) is 6.33 Å². The summed E-state index contributed by atoms with van der Waals surface area (Å²) in [6, 6.07) is 6.25. The fraction of sp³-hybridized carbons (Fsp3) is 0.462. The van der Waals surface area contributed by atoms with E-state index in [4.69, 9.17) is 0 Å². The van der Waals surface area contributed by atoms with E-state index >= 15 is 0 Å². The Hall–Kier alpha value is -1.75. The minimum absolute atomic E-state index is 0.258. The number of hydrogen-bond acceptors (Lipinski definition) is 4. The minimum atomic E-state index is 0.258. The standard InChI is InChI=1S/C13H19N5/c1-4-18-13(15-10-16-18)9-17(3)11(2)12-7-5-6-8-14-12/h5-8,10-11H,4,9H2,1-3H3/t11-/m1/s1. The Morgan fingerprint density at radius 1 is 1.33 bits per heavy atom. The first kappa shape index (κ1) is 12.7. The molecule has 0 N–H and O–H groups in total. The number of aromatic nitrogens is 4. The first-order valence-electron chi connectivity index (χ1n) is 6.20. The fourth-order valence-corrected chi connectivity index (χ4v) is 1.88. The summed E-state index contributed by atoms with van der Waals surface area (Å²) in [6.45, 7) is 5.84. The fourth-order valence-electron chi connectivity index (χ4n) is 1.88. The summed E-state index contributed by atoms with van der Waals surface area (Å²) < 4.78 is 1.92.